The van der Waals surface area contributed by atoms with Crippen LogP contribution in [0.2, 0.25) is 0 Å². The molecule has 1 N–H and O–H groups in total. The van der Waals surface area contributed by atoms with Gasteiger partial charge >= 0.3 is 0 Å². The molecule has 34 heavy (non-hydrogen) atoms. The number of amides is 1. The molecule has 1 aliphatic heterocycles. The monoisotopic (exact) mass is 480 g/mol. The Bertz CT molecular complexity index is 1380. The van der Waals surface area contributed by atoms with Gasteiger partial charge in [-0.15, -0.1) is 0 Å². The third-order valence-corrected chi connectivity index (χ3v) is 7.99. The largest absolute Gasteiger partial charge is 0.324 e. The zero-order valence-electron chi connectivity index (χ0n) is 19.3. The Morgan fingerprint density at radius 1 is 1.06 bits per heavy atom. The summed E-state index contributed by atoms with van der Waals surface area (Å²) in [5.74, 6) is -0.374. The number of hydrogen-bond donors (Lipinski definition) is 1. The van der Waals surface area contributed by atoms with Gasteiger partial charge in [0.25, 0.3) is 5.56 Å². The summed E-state index contributed by atoms with van der Waals surface area (Å²) in [5.41, 5.74) is 2.96. The first-order chi connectivity index (χ1) is 16.3. The number of carbonyl (C=O) groups is 1. The molecule has 0 radical (unpaired) electrons. The Morgan fingerprint density at radius 2 is 1.82 bits per heavy atom. The number of nitrogens with zero attached hydrogens (tertiary/aromatic N) is 3. The molecule has 2 aromatic carbocycles. The summed E-state index contributed by atoms with van der Waals surface area (Å²) in [6, 6.07) is 15.5. The lowest BCUT2D eigenvalue weighted by molar-refractivity contribution is -0.117. The molecular weight excluding hydrogens is 452 g/mol. The Balaban J connectivity index is 1.59. The molecule has 0 atom stereocenters. The van der Waals surface area contributed by atoms with E-state index in [1.54, 1.807) is 37.3 Å². The van der Waals surface area contributed by atoms with E-state index in [1.807, 2.05) is 25.1 Å². The number of anilines is 1. The second-order valence-electron chi connectivity index (χ2n) is 8.41. The average molecular weight is 481 g/mol. The molecule has 0 spiro atoms. The standard InChI is InChI=1S/C25H28N4O4S/c1-3-19-7-6-8-21(15-19)26-24(30)17-29-25(31)12-11-22(27-29)20-10-9-18(2)23(16-20)34(32,33)28-13-4-5-14-28/h6-12,15-16H,3-5,13-14,17H2,1-2H3,(H,26,30). The van der Waals surface area contributed by atoms with Crippen LogP contribution < -0.4 is 10.9 Å². The number of benzene rings is 2. The van der Waals surface area contributed by atoms with Crippen LogP contribution in [0.15, 0.2) is 64.3 Å². The number of nitrogens with one attached hydrogen (secondary N) is 1. The molecule has 0 saturated carbocycles. The Kier molecular flexibility index (Phi) is 6.95. The smallest absolute Gasteiger partial charge is 0.267 e. The first-order valence-corrected chi connectivity index (χ1v) is 12.8. The minimum absolute atomic E-state index is 0.236. The molecule has 3 aromatic rings. The minimum atomic E-state index is -3.60. The van der Waals surface area contributed by atoms with Gasteiger partial charge in [-0.05, 0) is 61.6 Å². The highest BCUT2D eigenvalue weighted by Gasteiger charge is 2.28. The molecule has 1 aliphatic rings. The van der Waals surface area contributed by atoms with Crippen LogP contribution >= 0.6 is 0 Å². The lowest BCUT2D eigenvalue weighted by Crippen LogP contribution is -2.29. The van der Waals surface area contributed by atoms with Gasteiger partial charge < -0.3 is 5.32 Å². The van der Waals surface area contributed by atoms with Crippen molar-refractivity contribution < 1.29 is 13.2 Å². The fourth-order valence-electron chi connectivity index (χ4n) is 4.03. The number of aryl methyl sites for hydroxylation is 2. The second-order valence-corrected chi connectivity index (χ2v) is 10.3. The van der Waals surface area contributed by atoms with Gasteiger partial charge in [-0.1, -0.05) is 31.2 Å². The van der Waals surface area contributed by atoms with Gasteiger partial charge in [-0.3, -0.25) is 9.59 Å². The Hall–Kier alpha value is -3.30. The van der Waals surface area contributed by atoms with E-state index in [2.05, 4.69) is 10.4 Å². The van der Waals surface area contributed by atoms with Crippen molar-refractivity contribution in [3.8, 4) is 11.3 Å². The van der Waals surface area contributed by atoms with E-state index in [-0.39, 0.29) is 17.3 Å². The molecule has 1 saturated heterocycles. The lowest BCUT2D eigenvalue weighted by atomic mass is 10.1. The van der Waals surface area contributed by atoms with Crippen LogP contribution in [-0.2, 0) is 27.8 Å². The molecule has 8 nitrogen and oxygen atoms in total. The summed E-state index contributed by atoms with van der Waals surface area (Å²) in [6.07, 6.45) is 2.56. The summed E-state index contributed by atoms with van der Waals surface area (Å²) in [5, 5.41) is 7.14. The predicted octanol–water partition coefficient (Wildman–Crippen LogP) is 3.20. The summed E-state index contributed by atoms with van der Waals surface area (Å²) in [4.78, 5) is 25.2. The number of hydrogen-bond acceptors (Lipinski definition) is 5. The first-order valence-electron chi connectivity index (χ1n) is 11.4. The molecule has 4 rings (SSSR count). The van der Waals surface area contributed by atoms with E-state index >= 15 is 0 Å². The fraction of sp³-hybridized carbons (Fsp3) is 0.320. The van der Waals surface area contributed by atoms with Gasteiger partial charge in [0.1, 0.15) is 6.54 Å². The third kappa shape index (κ3) is 5.10. The molecule has 2 heterocycles. The van der Waals surface area contributed by atoms with Gasteiger partial charge in [-0.2, -0.15) is 9.40 Å². The third-order valence-electron chi connectivity index (χ3n) is 5.95. The average Bonchev–Trinajstić information content (AvgIpc) is 3.37. The quantitative estimate of drug-likeness (QED) is 0.560. The Labute approximate surface area is 199 Å². The van der Waals surface area contributed by atoms with E-state index in [0.29, 0.717) is 35.6 Å². The van der Waals surface area contributed by atoms with Crippen molar-refractivity contribution in [2.45, 2.75) is 44.6 Å². The molecule has 0 bridgehead atoms. The van der Waals surface area contributed by atoms with Crippen LogP contribution in [-0.4, -0.2) is 41.5 Å². The van der Waals surface area contributed by atoms with Crippen molar-refractivity contribution in [2.75, 3.05) is 18.4 Å². The maximum Gasteiger partial charge on any atom is 0.267 e. The molecule has 1 fully saturated rings. The van der Waals surface area contributed by atoms with Crippen LogP contribution in [0.25, 0.3) is 11.3 Å². The maximum absolute atomic E-state index is 13.1. The molecule has 0 aliphatic carbocycles. The summed E-state index contributed by atoms with van der Waals surface area (Å²) in [7, 11) is -3.60. The van der Waals surface area contributed by atoms with Crippen molar-refractivity contribution in [3.05, 3.63) is 76.1 Å². The lowest BCUT2D eigenvalue weighted by Gasteiger charge is -2.18. The van der Waals surface area contributed by atoms with E-state index in [0.717, 1.165) is 29.5 Å². The van der Waals surface area contributed by atoms with Crippen molar-refractivity contribution in [2.24, 2.45) is 0 Å². The van der Waals surface area contributed by atoms with Crippen LogP contribution in [0.3, 0.4) is 0 Å². The van der Waals surface area contributed by atoms with Crippen LogP contribution in [0.5, 0.6) is 0 Å². The molecule has 178 valence electrons. The Morgan fingerprint density at radius 3 is 2.56 bits per heavy atom. The van der Waals surface area contributed by atoms with Gasteiger partial charge in [0.15, 0.2) is 0 Å². The van der Waals surface area contributed by atoms with Crippen LogP contribution in [0.1, 0.15) is 30.9 Å². The number of aromatic nitrogens is 2. The van der Waals surface area contributed by atoms with Crippen molar-refractivity contribution in [3.63, 3.8) is 0 Å². The van der Waals surface area contributed by atoms with Crippen molar-refractivity contribution >= 4 is 21.6 Å². The number of carbonyl (C=O) groups excluding carboxylic acids is 1. The highest BCUT2D eigenvalue weighted by atomic mass is 32.2. The second kappa shape index (κ2) is 9.90. The number of rotatable bonds is 7. The van der Waals surface area contributed by atoms with Crippen molar-refractivity contribution in [1.29, 1.82) is 0 Å². The zero-order valence-corrected chi connectivity index (χ0v) is 20.1. The van der Waals surface area contributed by atoms with E-state index < -0.39 is 15.6 Å². The van der Waals surface area contributed by atoms with Crippen LogP contribution in [0.4, 0.5) is 5.69 Å². The molecule has 0 unspecified atom stereocenters. The van der Waals surface area contributed by atoms with E-state index in [1.165, 1.54) is 10.4 Å². The van der Waals surface area contributed by atoms with E-state index in [9.17, 15) is 18.0 Å². The molecule has 1 amide bonds. The van der Waals surface area contributed by atoms with Crippen LogP contribution in [0, 0.1) is 6.92 Å². The molecule has 9 heteroatoms. The normalized spacial score (nSPS) is 14.3. The highest BCUT2D eigenvalue weighted by molar-refractivity contribution is 7.89. The minimum Gasteiger partial charge on any atom is -0.324 e. The topological polar surface area (TPSA) is 101 Å². The zero-order chi connectivity index (χ0) is 24.3. The SMILES string of the molecule is CCc1cccc(NC(=O)Cn2nc(-c3ccc(C)c(S(=O)(=O)N4CCCC4)c3)ccc2=O)c1. The van der Waals surface area contributed by atoms with Gasteiger partial charge in [0.2, 0.25) is 15.9 Å². The molecule has 1 aromatic heterocycles. The van der Waals surface area contributed by atoms with E-state index in [4.69, 9.17) is 0 Å². The van der Waals surface area contributed by atoms with Gasteiger partial charge in [0.05, 0.1) is 10.6 Å². The van der Waals surface area contributed by atoms with Gasteiger partial charge in [0, 0.05) is 30.4 Å². The predicted molar refractivity (Wildman–Crippen MR) is 131 cm³/mol. The molecular formula is C25H28N4O4S. The number of sulfonamides is 1. The summed E-state index contributed by atoms with van der Waals surface area (Å²) >= 11 is 0. The summed E-state index contributed by atoms with van der Waals surface area (Å²) < 4.78 is 28.8. The first kappa shape index (κ1) is 23.8. The van der Waals surface area contributed by atoms with Gasteiger partial charge in [-0.25, -0.2) is 13.1 Å². The maximum atomic E-state index is 13.1. The van der Waals surface area contributed by atoms with Crippen molar-refractivity contribution in [1.82, 2.24) is 14.1 Å². The fourth-order valence-corrected chi connectivity index (χ4v) is 5.79. The highest BCUT2D eigenvalue weighted by Crippen LogP contribution is 2.27. The summed E-state index contributed by atoms with van der Waals surface area (Å²) in [6.45, 7) is 4.58.